The molecule has 3 nitrogen and oxygen atoms in total. The van der Waals surface area contributed by atoms with Crippen molar-refractivity contribution in [1.29, 1.82) is 0 Å². The Labute approximate surface area is 100 Å². The van der Waals surface area contributed by atoms with Crippen molar-refractivity contribution in [2.75, 3.05) is 6.54 Å². The van der Waals surface area contributed by atoms with Gasteiger partial charge in [0.1, 0.15) is 5.82 Å². The lowest BCUT2D eigenvalue weighted by molar-refractivity contribution is -0.129. The van der Waals surface area contributed by atoms with Crippen molar-refractivity contribution in [2.24, 2.45) is 5.73 Å². The highest BCUT2D eigenvalue weighted by Gasteiger charge is 2.37. The molecule has 0 saturated carbocycles. The minimum absolute atomic E-state index is 0.0914. The molecule has 0 bridgehead atoms. The Balaban J connectivity index is 2.28. The summed E-state index contributed by atoms with van der Waals surface area (Å²) in [6.07, 6.45) is 1.28. The van der Waals surface area contributed by atoms with E-state index >= 15 is 0 Å². The summed E-state index contributed by atoms with van der Waals surface area (Å²) in [4.78, 5) is 13.6. The molecule has 0 aromatic heterocycles. The lowest BCUT2D eigenvalue weighted by atomic mass is 10.0. The third-order valence-electron chi connectivity index (χ3n) is 3.15. The summed E-state index contributed by atoms with van der Waals surface area (Å²) in [6, 6.07) is 5.94. The first-order chi connectivity index (χ1) is 8.13. The van der Waals surface area contributed by atoms with E-state index in [2.05, 4.69) is 0 Å². The van der Waals surface area contributed by atoms with Crippen LogP contribution >= 0.6 is 0 Å². The fourth-order valence-electron chi connectivity index (χ4n) is 2.41. The number of carbonyl (C=O) groups is 1. The molecule has 4 heteroatoms. The van der Waals surface area contributed by atoms with E-state index in [4.69, 9.17) is 5.73 Å². The number of nitrogens with zero attached hydrogens (tertiary/aromatic N) is 1. The van der Waals surface area contributed by atoms with Gasteiger partial charge in [0.2, 0.25) is 5.91 Å². The highest BCUT2D eigenvalue weighted by molar-refractivity contribution is 5.80. The van der Waals surface area contributed by atoms with Gasteiger partial charge in [0.15, 0.2) is 0 Å². The van der Waals surface area contributed by atoms with E-state index in [9.17, 15) is 9.18 Å². The Morgan fingerprint density at radius 2 is 2.06 bits per heavy atom. The van der Waals surface area contributed by atoms with Crippen molar-refractivity contribution in [3.63, 3.8) is 0 Å². The summed E-state index contributed by atoms with van der Waals surface area (Å²) < 4.78 is 12.9. The molecular formula is C13H17FN2O. The number of hydrogen-bond donors (Lipinski definition) is 1. The molecule has 1 heterocycles. The lowest BCUT2D eigenvalue weighted by Crippen LogP contribution is -2.33. The number of likely N-dealkylation sites (tertiary alicyclic amines) is 1. The van der Waals surface area contributed by atoms with Gasteiger partial charge in [-0.25, -0.2) is 4.39 Å². The zero-order chi connectivity index (χ0) is 12.4. The maximum absolute atomic E-state index is 12.9. The predicted octanol–water partition coefficient (Wildman–Crippen LogP) is 1.84. The second kappa shape index (κ2) is 4.84. The Hall–Kier alpha value is -1.42. The van der Waals surface area contributed by atoms with E-state index in [0.29, 0.717) is 13.0 Å². The number of benzene rings is 1. The molecular weight excluding hydrogens is 219 g/mol. The lowest BCUT2D eigenvalue weighted by Gasteiger charge is -2.26. The van der Waals surface area contributed by atoms with E-state index in [1.165, 1.54) is 12.1 Å². The second-order valence-electron chi connectivity index (χ2n) is 4.45. The van der Waals surface area contributed by atoms with Crippen LogP contribution in [0.15, 0.2) is 24.3 Å². The van der Waals surface area contributed by atoms with Gasteiger partial charge < -0.3 is 10.6 Å². The summed E-state index contributed by atoms with van der Waals surface area (Å²) >= 11 is 0. The maximum Gasteiger partial charge on any atom is 0.224 e. The van der Waals surface area contributed by atoms with Crippen LogP contribution in [0.3, 0.4) is 0 Å². The molecule has 17 heavy (non-hydrogen) atoms. The van der Waals surface area contributed by atoms with Gasteiger partial charge in [0.25, 0.3) is 0 Å². The van der Waals surface area contributed by atoms with Crippen LogP contribution < -0.4 is 5.73 Å². The SMILES string of the molecule is CCCN1C(=O)CC(N)C1c1ccc(F)cc1. The van der Waals surface area contributed by atoms with Crippen molar-refractivity contribution in [3.05, 3.63) is 35.6 Å². The van der Waals surface area contributed by atoms with Gasteiger partial charge >= 0.3 is 0 Å². The van der Waals surface area contributed by atoms with E-state index in [-0.39, 0.29) is 23.8 Å². The van der Waals surface area contributed by atoms with Crippen LogP contribution in [-0.2, 0) is 4.79 Å². The molecule has 1 fully saturated rings. The summed E-state index contributed by atoms with van der Waals surface area (Å²) in [7, 11) is 0. The van der Waals surface area contributed by atoms with Crippen LogP contribution in [0.4, 0.5) is 4.39 Å². The van der Waals surface area contributed by atoms with E-state index < -0.39 is 0 Å². The van der Waals surface area contributed by atoms with E-state index in [1.807, 2.05) is 6.92 Å². The molecule has 2 atom stereocenters. The van der Waals surface area contributed by atoms with Crippen molar-refractivity contribution >= 4 is 5.91 Å². The molecule has 1 aromatic rings. The average Bonchev–Trinajstić information content (AvgIpc) is 2.56. The van der Waals surface area contributed by atoms with Crippen LogP contribution in [0.2, 0.25) is 0 Å². The van der Waals surface area contributed by atoms with Crippen LogP contribution in [0.1, 0.15) is 31.4 Å². The third kappa shape index (κ3) is 2.31. The van der Waals surface area contributed by atoms with Crippen LogP contribution in [0, 0.1) is 5.82 Å². The van der Waals surface area contributed by atoms with Crippen LogP contribution in [0.25, 0.3) is 0 Å². The van der Waals surface area contributed by atoms with Gasteiger partial charge in [0, 0.05) is 19.0 Å². The summed E-state index contributed by atoms with van der Waals surface area (Å²) in [6.45, 7) is 2.73. The Bertz CT molecular complexity index is 404. The third-order valence-corrected chi connectivity index (χ3v) is 3.15. The van der Waals surface area contributed by atoms with Crippen molar-refractivity contribution in [1.82, 2.24) is 4.90 Å². The summed E-state index contributed by atoms with van der Waals surface area (Å²) in [5, 5.41) is 0. The average molecular weight is 236 g/mol. The normalized spacial score (nSPS) is 24.4. The first-order valence-corrected chi connectivity index (χ1v) is 5.94. The van der Waals surface area contributed by atoms with Gasteiger partial charge in [-0.15, -0.1) is 0 Å². The largest absolute Gasteiger partial charge is 0.334 e. The van der Waals surface area contributed by atoms with Gasteiger partial charge in [-0.1, -0.05) is 19.1 Å². The number of rotatable bonds is 3. The van der Waals surface area contributed by atoms with Gasteiger partial charge in [-0.05, 0) is 24.1 Å². The molecule has 0 aliphatic carbocycles. The molecule has 1 amide bonds. The molecule has 1 aromatic carbocycles. The second-order valence-corrected chi connectivity index (χ2v) is 4.45. The number of carbonyl (C=O) groups excluding carboxylic acids is 1. The zero-order valence-corrected chi connectivity index (χ0v) is 9.90. The van der Waals surface area contributed by atoms with E-state index in [0.717, 1.165) is 12.0 Å². The van der Waals surface area contributed by atoms with Gasteiger partial charge in [0.05, 0.1) is 6.04 Å². The molecule has 1 saturated heterocycles. The highest BCUT2D eigenvalue weighted by Crippen LogP contribution is 2.32. The van der Waals surface area contributed by atoms with Crippen LogP contribution in [-0.4, -0.2) is 23.4 Å². The maximum atomic E-state index is 12.9. The van der Waals surface area contributed by atoms with Crippen molar-refractivity contribution in [3.8, 4) is 0 Å². The number of halogens is 1. The molecule has 2 unspecified atom stereocenters. The monoisotopic (exact) mass is 236 g/mol. The Morgan fingerprint density at radius 1 is 1.41 bits per heavy atom. The molecule has 2 N–H and O–H groups in total. The molecule has 92 valence electrons. The number of hydrogen-bond acceptors (Lipinski definition) is 2. The molecule has 2 rings (SSSR count). The standard InChI is InChI=1S/C13H17FN2O/c1-2-7-16-12(17)8-11(15)13(16)9-3-5-10(14)6-4-9/h3-6,11,13H,2,7-8,15H2,1H3. The summed E-state index contributed by atoms with van der Waals surface area (Å²) in [5.74, 6) is -0.178. The highest BCUT2D eigenvalue weighted by atomic mass is 19.1. The topological polar surface area (TPSA) is 46.3 Å². The van der Waals surface area contributed by atoms with Crippen molar-refractivity contribution < 1.29 is 9.18 Å². The predicted molar refractivity (Wildman–Crippen MR) is 63.7 cm³/mol. The number of amides is 1. The van der Waals surface area contributed by atoms with E-state index in [1.54, 1.807) is 17.0 Å². The molecule has 0 radical (unpaired) electrons. The van der Waals surface area contributed by atoms with Gasteiger partial charge in [-0.2, -0.15) is 0 Å². The zero-order valence-electron chi connectivity index (χ0n) is 9.90. The number of nitrogens with two attached hydrogens (primary N) is 1. The fraction of sp³-hybridized carbons (Fsp3) is 0.462. The Kier molecular flexibility index (Phi) is 3.43. The van der Waals surface area contributed by atoms with Gasteiger partial charge in [-0.3, -0.25) is 4.79 Å². The minimum atomic E-state index is -0.270. The summed E-state index contributed by atoms with van der Waals surface area (Å²) in [5.41, 5.74) is 6.92. The quantitative estimate of drug-likeness (QED) is 0.870. The minimum Gasteiger partial charge on any atom is -0.334 e. The first-order valence-electron chi connectivity index (χ1n) is 5.94. The molecule has 1 aliphatic rings. The first kappa shape index (κ1) is 12.0. The molecule has 0 spiro atoms. The fourth-order valence-corrected chi connectivity index (χ4v) is 2.41. The smallest absolute Gasteiger partial charge is 0.224 e. The Morgan fingerprint density at radius 3 is 2.65 bits per heavy atom. The van der Waals surface area contributed by atoms with Crippen molar-refractivity contribution in [2.45, 2.75) is 31.8 Å². The van der Waals surface area contributed by atoms with Crippen LogP contribution in [0.5, 0.6) is 0 Å². The molecule has 1 aliphatic heterocycles.